The van der Waals surface area contributed by atoms with E-state index in [1.165, 1.54) is 0 Å². The van der Waals surface area contributed by atoms with Gasteiger partial charge in [0.15, 0.2) is 0 Å². The number of hydrogen-bond acceptors (Lipinski definition) is 2. The molecule has 1 aromatic rings. The first-order valence-corrected chi connectivity index (χ1v) is 5.42. The summed E-state index contributed by atoms with van der Waals surface area (Å²) in [6.07, 6.45) is 0.0953. The number of hydrogen-bond donors (Lipinski definition) is 0. The van der Waals surface area contributed by atoms with Crippen molar-refractivity contribution in [3.8, 4) is 11.8 Å². The molecule has 16 heavy (non-hydrogen) atoms. The Bertz CT molecular complexity index is 441. The molecular weight excluding hydrogens is 224 g/mol. The Balaban J connectivity index is 2.66. The van der Waals surface area contributed by atoms with Crippen molar-refractivity contribution in [2.45, 2.75) is 20.3 Å². The predicted molar refractivity (Wildman–Crippen MR) is 64.3 cm³/mol. The summed E-state index contributed by atoms with van der Waals surface area (Å²) in [5, 5.41) is 0.608. The van der Waals surface area contributed by atoms with E-state index in [0.29, 0.717) is 11.6 Å². The fourth-order valence-corrected chi connectivity index (χ4v) is 1.43. The molecule has 0 spiro atoms. The molecule has 0 aliphatic heterocycles. The van der Waals surface area contributed by atoms with E-state index in [9.17, 15) is 4.79 Å². The molecule has 1 aromatic carbocycles. The maximum Gasteiger partial charge on any atom is 0.317 e. The first-order valence-electron chi connectivity index (χ1n) is 5.04. The lowest BCUT2D eigenvalue weighted by atomic mass is 10.1. The van der Waals surface area contributed by atoms with Gasteiger partial charge in [-0.15, -0.1) is 0 Å². The normalized spacial score (nSPS) is 9.19. The third kappa shape index (κ3) is 3.96. The molecule has 0 saturated carbocycles. The summed E-state index contributed by atoms with van der Waals surface area (Å²) in [5.41, 5.74) is 1.82. The molecule has 0 radical (unpaired) electrons. The van der Waals surface area contributed by atoms with Gasteiger partial charge >= 0.3 is 5.97 Å². The minimum absolute atomic E-state index is 0.0953. The van der Waals surface area contributed by atoms with Crippen LogP contribution in [0.2, 0.25) is 5.02 Å². The van der Waals surface area contributed by atoms with Crippen LogP contribution in [0.5, 0.6) is 0 Å². The molecule has 0 aromatic heterocycles. The van der Waals surface area contributed by atoms with Gasteiger partial charge in [-0.25, -0.2) is 0 Å². The molecule has 0 amide bonds. The van der Waals surface area contributed by atoms with Crippen molar-refractivity contribution < 1.29 is 9.53 Å². The highest BCUT2D eigenvalue weighted by atomic mass is 35.5. The first kappa shape index (κ1) is 12.6. The third-order valence-electron chi connectivity index (χ3n) is 1.89. The summed E-state index contributed by atoms with van der Waals surface area (Å²) in [4.78, 5) is 11.0. The minimum atomic E-state index is -0.307. The highest BCUT2D eigenvalue weighted by Gasteiger charge is 1.98. The van der Waals surface area contributed by atoms with Crippen LogP contribution in [-0.4, -0.2) is 12.6 Å². The van der Waals surface area contributed by atoms with Crippen LogP contribution in [0.1, 0.15) is 24.5 Å². The Morgan fingerprint density at radius 2 is 2.25 bits per heavy atom. The molecule has 0 unspecified atom stereocenters. The van der Waals surface area contributed by atoms with Crippen LogP contribution in [0.3, 0.4) is 0 Å². The van der Waals surface area contributed by atoms with Crippen LogP contribution in [0, 0.1) is 18.8 Å². The summed E-state index contributed by atoms with van der Waals surface area (Å²) in [6, 6.07) is 5.62. The zero-order chi connectivity index (χ0) is 12.0. The lowest BCUT2D eigenvalue weighted by Crippen LogP contribution is -2.01. The Morgan fingerprint density at radius 3 is 2.88 bits per heavy atom. The van der Waals surface area contributed by atoms with E-state index < -0.39 is 0 Å². The van der Waals surface area contributed by atoms with Gasteiger partial charge in [-0.05, 0) is 31.5 Å². The zero-order valence-corrected chi connectivity index (χ0v) is 10.1. The molecule has 0 saturated heterocycles. The van der Waals surface area contributed by atoms with E-state index in [-0.39, 0.29) is 12.4 Å². The lowest BCUT2D eigenvalue weighted by Gasteiger charge is -1.97. The molecule has 0 fully saturated rings. The molecule has 0 N–H and O–H groups in total. The maximum atomic E-state index is 11.0. The molecule has 2 nitrogen and oxygen atoms in total. The molecule has 84 valence electrons. The van der Waals surface area contributed by atoms with E-state index in [1.54, 1.807) is 6.92 Å². The summed E-state index contributed by atoms with van der Waals surface area (Å²) in [7, 11) is 0. The van der Waals surface area contributed by atoms with Gasteiger partial charge in [0.1, 0.15) is 6.42 Å². The van der Waals surface area contributed by atoms with E-state index in [4.69, 9.17) is 16.3 Å². The standard InChI is InChI=1S/C13H13ClO2/c1-3-16-13(15)6-4-5-11-8-7-10(2)9-12(11)14/h7-9H,3,6H2,1-2H3. The maximum absolute atomic E-state index is 11.0. The van der Waals surface area contributed by atoms with E-state index >= 15 is 0 Å². The number of esters is 1. The van der Waals surface area contributed by atoms with Crippen molar-refractivity contribution in [2.75, 3.05) is 6.61 Å². The van der Waals surface area contributed by atoms with Crippen LogP contribution < -0.4 is 0 Å². The number of benzene rings is 1. The predicted octanol–water partition coefficient (Wildman–Crippen LogP) is 2.95. The van der Waals surface area contributed by atoms with Crippen molar-refractivity contribution >= 4 is 17.6 Å². The molecule has 0 heterocycles. The van der Waals surface area contributed by atoms with Crippen molar-refractivity contribution in [2.24, 2.45) is 0 Å². The van der Waals surface area contributed by atoms with Crippen LogP contribution in [-0.2, 0) is 9.53 Å². The smallest absolute Gasteiger partial charge is 0.317 e. The van der Waals surface area contributed by atoms with E-state index in [0.717, 1.165) is 11.1 Å². The second-order valence-corrected chi connectivity index (χ2v) is 3.67. The van der Waals surface area contributed by atoms with Gasteiger partial charge in [-0.2, -0.15) is 0 Å². The summed E-state index contributed by atoms with van der Waals surface area (Å²) in [5.74, 6) is 5.28. The Labute approximate surface area is 101 Å². The van der Waals surface area contributed by atoms with Gasteiger partial charge in [0.25, 0.3) is 0 Å². The molecule has 3 heteroatoms. The molecular formula is C13H13ClO2. The van der Waals surface area contributed by atoms with Crippen LogP contribution in [0.4, 0.5) is 0 Å². The summed E-state index contributed by atoms with van der Waals surface area (Å²) < 4.78 is 4.75. The van der Waals surface area contributed by atoms with Gasteiger partial charge < -0.3 is 4.74 Å². The van der Waals surface area contributed by atoms with Crippen molar-refractivity contribution in [1.29, 1.82) is 0 Å². The first-order chi connectivity index (χ1) is 7.63. The van der Waals surface area contributed by atoms with E-state index in [2.05, 4.69) is 11.8 Å². The topological polar surface area (TPSA) is 26.3 Å². The van der Waals surface area contributed by atoms with Crippen LogP contribution in [0.15, 0.2) is 18.2 Å². The zero-order valence-electron chi connectivity index (χ0n) is 9.34. The number of carbonyl (C=O) groups excluding carboxylic acids is 1. The highest BCUT2D eigenvalue weighted by molar-refractivity contribution is 6.31. The Morgan fingerprint density at radius 1 is 1.50 bits per heavy atom. The number of aryl methyl sites for hydroxylation is 1. The average molecular weight is 237 g/mol. The second-order valence-electron chi connectivity index (χ2n) is 3.27. The highest BCUT2D eigenvalue weighted by Crippen LogP contribution is 2.16. The fourth-order valence-electron chi connectivity index (χ4n) is 1.15. The molecule has 0 aliphatic carbocycles. The molecule has 1 rings (SSSR count). The van der Waals surface area contributed by atoms with Gasteiger partial charge in [0, 0.05) is 5.56 Å². The number of halogens is 1. The minimum Gasteiger partial charge on any atom is -0.465 e. The van der Waals surface area contributed by atoms with Gasteiger partial charge in [0.05, 0.1) is 11.6 Å². The molecule has 0 aliphatic rings. The van der Waals surface area contributed by atoms with Crippen molar-refractivity contribution in [3.05, 3.63) is 34.3 Å². The summed E-state index contributed by atoms with van der Waals surface area (Å²) >= 11 is 5.99. The van der Waals surface area contributed by atoms with Crippen molar-refractivity contribution in [1.82, 2.24) is 0 Å². The Kier molecular flexibility index (Phi) is 4.88. The number of ether oxygens (including phenoxy) is 1. The van der Waals surface area contributed by atoms with Gasteiger partial charge in [-0.3, -0.25) is 4.79 Å². The summed E-state index contributed by atoms with van der Waals surface area (Å²) in [6.45, 7) is 4.11. The van der Waals surface area contributed by atoms with Crippen LogP contribution in [0.25, 0.3) is 0 Å². The number of carbonyl (C=O) groups is 1. The molecule has 0 atom stereocenters. The quantitative estimate of drug-likeness (QED) is 0.583. The Hall–Kier alpha value is -1.46. The SMILES string of the molecule is CCOC(=O)CC#Cc1ccc(C)cc1Cl. The molecule has 0 bridgehead atoms. The van der Waals surface area contributed by atoms with Crippen molar-refractivity contribution in [3.63, 3.8) is 0 Å². The average Bonchev–Trinajstić information content (AvgIpc) is 2.22. The lowest BCUT2D eigenvalue weighted by molar-refractivity contribution is -0.141. The third-order valence-corrected chi connectivity index (χ3v) is 2.20. The van der Waals surface area contributed by atoms with E-state index in [1.807, 2.05) is 25.1 Å². The fraction of sp³-hybridized carbons (Fsp3) is 0.308. The largest absolute Gasteiger partial charge is 0.465 e. The monoisotopic (exact) mass is 236 g/mol. The van der Waals surface area contributed by atoms with Gasteiger partial charge in [0.2, 0.25) is 0 Å². The second kappa shape index (κ2) is 6.19. The van der Waals surface area contributed by atoms with Crippen LogP contribution >= 0.6 is 11.6 Å². The van der Waals surface area contributed by atoms with Gasteiger partial charge in [-0.1, -0.05) is 29.5 Å². The number of rotatable bonds is 2.